The Labute approximate surface area is 81.1 Å². The highest BCUT2D eigenvalue weighted by molar-refractivity contribution is 6.31. The van der Waals surface area contributed by atoms with Crippen LogP contribution in [-0.2, 0) is 18.3 Å². The van der Waals surface area contributed by atoms with Crippen molar-refractivity contribution in [2.24, 2.45) is 7.05 Å². The number of hydrogen-bond acceptors (Lipinski definition) is 3. The monoisotopic (exact) mass is 202 g/mol. The molecule has 0 aliphatic carbocycles. The van der Waals surface area contributed by atoms with Crippen molar-refractivity contribution >= 4 is 17.9 Å². The third-order valence-electron chi connectivity index (χ3n) is 1.82. The van der Waals surface area contributed by atoms with Gasteiger partial charge in [0.2, 0.25) is 0 Å². The van der Waals surface area contributed by atoms with E-state index in [4.69, 9.17) is 16.7 Å². The predicted octanol–water partition coefficient (Wildman–Crippen LogP) is 0.484. The lowest BCUT2D eigenvalue weighted by atomic mass is 10.2. The Morgan fingerprint density at radius 2 is 2.38 bits per heavy atom. The van der Waals surface area contributed by atoms with Gasteiger partial charge < -0.3 is 9.90 Å². The van der Waals surface area contributed by atoms with Crippen LogP contribution in [-0.4, -0.2) is 27.3 Å². The molecule has 0 bridgehead atoms. The lowest BCUT2D eigenvalue weighted by Crippen LogP contribution is -2.14. The van der Waals surface area contributed by atoms with Gasteiger partial charge in [-0.1, -0.05) is 11.6 Å². The Hall–Kier alpha value is -0.870. The summed E-state index contributed by atoms with van der Waals surface area (Å²) in [5, 5.41) is 13.7. The number of aryl methyl sites for hydroxylation is 2. The number of carbonyl (C=O) groups excluding carboxylic acids is 1. The van der Waals surface area contributed by atoms with Crippen molar-refractivity contribution in [2.75, 3.05) is 0 Å². The van der Waals surface area contributed by atoms with Crippen LogP contribution >= 0.6 is 11.6 Å². The Bertz CT molecular complexity index is 322. The zero-order valence-corrected chi connectivity index (χ0v) is 8.25. The summed E-state index contributed by atoms with van der Waals surface area (Å²) in [5.41, 5.74) is 1.39. The van der Waals surface area contributed by atoms with E-state index in [1.165, 1.54) is 0 Å². The molecule has 1 atom stereocenters. The van der Waals surface area contributed by atoms with Crippen molar-refractivity contribution in [2.45, 2.75) is 19.4 Å². The lowest BCUT2D eigenvalue weighted by Gasteiger charge is -2.03. The molecule has 0 spiro atoms. The van der Waals surface area contributed by atoms with Crippen molar-refractivity contribution in [1.29, 1.82) is 0 Å². The van der Waals surface area contributed by atoms with E-state index in [9.17, 15) is 4.79 Å². The first-order chi connectivity index (χ1) is 6.06. The van der Waals surface area contributed by atoms with Crippen molar-refractivity contribution in [3.05, 3.63) is 16.4 Å². The van der Waals surface area contributed by atoms with Crippen LogP contribution in [0.3, 0.4) is 0 Å². The Balaban J connectivity index is 2.93. The maximum atomic E-state index is 10.2. The molecule has 0 fully saturated rings. The maximum Gasteiger partial charge on any atom is 0.148 e. The van der Waals surface area contributed by atoms with Crippen molar-refractivity contribution in [3.8, 4) is 0 Å². The number of aromatic nitrogens is 2. The summed E-state index contributed by atoms with van der Waals surface area (Å²) in [5.74, 6) is 0. The Morgan fingerprint density at radius 3 is 2.77 bits per heavy atom. The molecule has 1 rings (SSSR count). The van der Waals surface area contributed by atoms with E-state index in [0.717, 1.165) is 0 Å². The summed E-state index contributed by atoms with van der Waals surface area (Å²) in [6, 6.07) is 0. The Morgan fingerprint density at radius 1 is 1.77 bits per heavy atom. The first kappa shape index (κ1) is 10.2. The van der Waals surface area contributed by atoms with Gasteiger partial charge in [0.15, 0.2) is 0 Å². The second kappa shape index (κ2) is 3.89. The molecule has 0 aliphatic rings. The van der Waals surface area contributed by atoms with Crippen LogP contribution in [0.4, 0.5) is 0 Å². The van der Waals surface area contributed by atoms with E-state index in [-0.39, 0.29) is 6.42 Å². The highest BCUT2D eigenvalue weighted by atomic mass is 35.5. The minimum Gasteiger partial charge on any atom is -0.385 e. The molecule has 13 heavy (non-hydrogen) atoms. The van der Waals surface area contributed by atoms with Crippen LogP contribution in [0, 0.1) is 6.92 Å². The van der Waals surface area contributed by atoms with Gasteiger partial charge in [-0.2, -0.15) is 5.10 Å². The molecular weight excluding hydrogens is 192 g/mol. The molecule has 0 aliphatic heterocycles. The molecule has 0 radical (unpaired) electrons. The fraction of sp³-hybridized carbons (Fsp3) is 0.500. The van der Waals surface area contributed by atoms with Gasteiger partial charge in [-0.15, -0.1) is 0 Å². The normalized spacial score (nSPS) is 12.9. The van der Waals surface area contributed by atoms with Gasteiger partial charge in [0.1, 0.15) is 12.4 Å². The van der Waals surface area contributed by atoms with E-state index in [0.29, 0.717) is 22.7 Å². The predicted molar refractivity (Wildman–Crippen MR) is 48.7 cm³/mol. The van der Waals surface area contributed by atoms with Gasteiger partial charge in [0, 0.05) is 13.5 Å². The van der Waals surface area contributed by atoms with Crippen LogP contribution in [0.25, 0.3) is 0 Å². The van der Waals surface area contributed by atoms with Crippen molar-refractivity contribution < 1.29 is 9.90 Å². The van der Waals surface area contributed by atoms with Gasteiger partial charge in [0.25, 0.3) is 0 Å². The molecule has 1 aromatic heterocycles. The molecule has 1 N–H and O–H groups in total. The second-order valence-corrected chi connectivity index (χ2v) is 3.26. The third-order valence-corrected chi connectivity index (χ3v) is 2.31. The summed E-state index contributed by atoms with van der Waals surface area (Å²) in [7, 11) is 1.73. The quantitative estimate of drug-likeness (QED) is 0.726. The Kier molecular flexibility index (Phi) is 3.06. The fourth-order valence-corrected chi connectivity index (χ4v) is 1.39. The summed E-state index contributed by atoms with van der Waals surface area (Å²) in [4.78, 5) is 10.2. The third kappa shape index (κ3) is 2.08. The number of hydrogen-bond donors (Lipinski definition) is 1. The molecule has 0 saturated heterocycles. The van der Waals surface area contributed by atoms with Gasteiger partial charge >= 0.3 is 0 Å². The van der Waals surface area contributed by atoms with Crippen molar-refractivity contribution in [1.82, 2.24) is 9.78 Å². The number of halogens is 1. The van der Waals surface area contributed by atoms with Crippen LogP contribution in [0.1, 0.15) is 11.4 Å². The minimum atomic E-state index is -1.01. The molecule has 0 amide bonds. The number of nitrogens with zero attached hydrogens (tertiary/aromatic N) is 2. The highest BCUT2D eigenvalue weighted by Gasteiger charge is 2.14. The number of aliphatic hydroxyl groups is 1. The second-order valence-electron chi connectivity index (χ2n) is 2.88. The zero-order chi connectivity index (χ0) is 10.0. The summed E-state index contributed by atoms with van der Waals surface area (Å²) < 4.78 is 1.57. The molecule has 4 nitrogen and oxygen atoms in total. The fourth-order valence-electron chi connectivity index (χ4n) is 1.15. The van der Waals surface area contributed by atoms with Gasteiger partial charge in [-0.25, -0.2) is 0 Å². The van der Waals surface area contributed by atoms with Crippen LogP contribution in [0.15, 0.2) is 0 Å². The highest BCUT2D eigenvalue weighted by Crippen LogP contribution is 2.20. The number of aliphatic hydroxyl groups excluding tert-OH is 1. The molecule has 72 valence electrons. The summed E-state index contributed by atoms with van der Waals surface area (Å²) in [6.07, 6.45) is -0.314. The van der Waals surface area contributed by atoms with Gasteiger partial charge in [0.05, 0.1) is 16.4 Å². The standard InChI is InChI=1S/C8H11ClN2O2/c1-5-8(9)7(11(2)10-5)3-6(13)4-12/h4,6,13H,3H2,1-2H3. The molecular formula is C8H11ClN2O2. The van der Waals surface area contributed by atoms with Crippen LogP contribution in [0.2, 0.25) is 5.02 Å². The molecule has 1 heterocycles. The summed E-state index contributed by atoms with van der Waals surface area (Å²) >= 11 is 5.90. The molecule has 1 aromatic rings. The molecule has 0 aromatic carbocycles. The van der Waals surface area contributed by atoms with E-state index >= 15 is 0 Å². The number of carbonyl (C=O) groups is 1. The maximum absolute atomic E-state index is 10.2. The smallest absolute Gasteiger partial charge is 0.148 e. The van der Waals surface area contributed by atoms with E-state index < -0.39 is 6.10 Å². The average Bonchev–Trinajstić information content (AvgIpc) is 2.32. The SMILES string of the molecule is Cc1nn(C)c(CC(O)C=O)c1Cl. The summed E-state index contributed by atoms with van der Waals surface area (Å²) in [6.45, 7) is 1.78. The number of rotatable bonds is 3. The topological polar surface area (TPSA) is 55.1 Å². The van der Waals surface area contributed by atoms with Crippen LogP contribution < -0.4 is 0 Å². The zero-order valence-electron chi connectivity index (χ0n) is 7.49. The van der Waals surface area contributed by atoms with Crippen molar-refractivity contribution in [3.63, 3.8) is 0 Å². The number of aldehydes is 1. The molecule has 1 unspecified atom stereocenters. The average molecular weight is 203 g/mol. The molecule has 0 saturated carbocycles. The van der Waals surface area contributed by atoms with E-state index in [2.05, 4.69) is 5.10 Å². The van der Waals surface area contributed by atoms with Crippen LogP contribution in [0.5, 0.6) is 0 Å². The first-order valence-corrected chi connectivity index (χ1v) is 4.25. The van der Waals surface area contributed by atoms with Gasteiger partial charge in [-0.05, 0) is 6.92 Å². The largest absolute Gasteiger partial charge is 0.385 e. The lowest BCUT2D eigenvalue weighted by molar-refractivity contribution is -0.114. The minimum absolute atomic E-state index is 0.208. The molecule has 5 heteroatoms. The first-order valence-electron chi connectivity index (χ1n) is 3.87. The van der Waals surface area contributed by atoms with E-state index in [1.54, 1.807) is 18.7 Å². The van der Waals surface area contributed by atoms with Gasteiger partial charge in [-0.3, -0.25) is 4.68 Å². The van der Waals surface area contributed by atoms with E-state index in [1.807, 2.05) is 0 Å².